The van der Waals surface area contributed by atoms with Gasteiger partial charge >= 0.3 is 6.18 Å². The average molecular weight is 420 g/mol. The molecular formula is C19H19F3N6O2. The molecule has 0 bridgehead atoms. The van der Waals surface area contributed by atoms with Crippen LogP contribution in [0, 0.1) is 0 Å². The number of aromatic nitrogens is 4. The Morgan fingerprint density at radius 2 is 2.00 bits per heavy atom. The molecule has 1 aliphatic rings. The number of hydrogen-bond donors (Lipinski definition) is 1. The van der Waals surface area contributed by atoms with Crippen LogP contribution in [0.25, 0.3) is 0 Å². The summed E-state index contributed by atoms with van der Waals surface area (Å²) in [6.07, 6.45) is 5.25. The predicted molar refractivity (Wildman–Crippen MR) is 101 cm³/mol. The molecule has 3 aromatic heterocycles. The van der Waals surface area contributed by atoms with Crippen molar-refractivity contribution in [1.29, 1.82) is 0 Å². The average Bonchev–Trinajstić information content (AvgIpc) is 3.38. The number of piperidine rings is 1. The first kappa shape index (κ1) is 19.9. The minimum atomic E-state index is -4.49. The number of carbonyl (C=O) groups is 1. The van der Waals surface area contributed by atoms with Crippen LogP contribution in [0.2, 0.25) is 0 Å². The zero-order chi connectivity index (χ0) is 21.1. The van der Waals surface area contributed by atoms with Crippen LogP contribution in [0.15, 0.2) is 41.6 Å². The second-order valence-corrected chi connectivity index (χ2v) is 7.01. The smallest absolute Gasteiger partial charge is 0.367 e. The maximum Gasteiger partial charge on any atom is 0.416 e. The first-order valence-electron chi connectivity index (χ1n) is 9.45. The third-order valence-electron chi connectivity index (χ3n) is 4.90. The summed E-state index contributed by atoms with van der Waals surface area (Å²) in [5.74, 6) is -0.471. The van der Waals surface area contributed by atoms with Crippen LogP contribution in [0.5, 0.6) is 0 Å². The highest BCUT2D eigenvalue weighted by molar-refractivity contribution is 6.06. The lowest BCUT2D eigenvalue weighted by atomic mass is 10.1. The largest absolute Gasteiger partial charge is 0.416 e. The molecule has 3 aromatic rings. The van der Waals surface area contributed by atoms with Crippen LogP contribution < -0.4 is 10.2 Å². The molecule has 0 spiro atoms. The van der Waals surface area contributed by atoms with Crippen LogP contribution in [0.1, 0.15) is 40.9 Å². The molecule has 1 amide bonds. The number of rotatable bonds is 5. The Morgan fingerprint density at radius 3 is 2.77 bits per heavy atom. The van der Waals surface area contributed by atoms with E-state index >= 15 is 0 Å². The Bertz CT molecular complexity index is 1020. The van der Waals surface area contributed by atoms with Crippen LogP contribution in [0.4, 0.5) is 24.5 Å². The Hall–Kier alpha value is -3.37. The quantitative estimate of drug-likeness (QED) is 0.679. The molecule has 1 N–H and O–H groups in total. The third-order valence-corrected chi connectivity index (χ3v) is 4.90. The number of nitrogens with one attached hydrogen (secondary N) is 1. The van der Waals surface area contributed by atoms with E-state index in [2.05, 4.69) is 25.5 Å². The number of nitrogens with zero attached hydrogens (tertiary/aromatic N) is 5. The van der Waals surface area contributed by atoms with Crippen LogP contribution in [-0.4, -0.2) is 38.9 Å². The Labute approximate surface area is 169 Å². The molecule has 1 saturated heterocycles. The van der Waals surface area contributed by atoms with Crippen molar-refractivity contribution < 1.29 is 22.5 Å². The molecule has 1 aliphatic heterocycles. The van der Waals surface area contributed by atoms with Crippen molar-refractivity contribution in [3.8, 4) is 0 Å². The van der Waals surface area contributed by atoms with Crippen molar-refractivity contribution in [2.24, 2.45) is 0 Å². The normalized spacial score (nSPS) is 14.7. The lowest BCUT2D eigenvalue weighted by Crippen LogP contribution is -2.31. The van der Waals surface area contributed by atoms with E-state index < -0.39 is 17.6 Å². The van der Waals surface area contributed by atoms with Crippen LogP contribution in [-0.2, 0) is 12.7 Å². The van der Waals surface area contributed by atoms with E-state index in [0.29, 0.717) is 11.4 Å². The standard InChI is InChI=1S/C19H19F3N6O2/c20-19(21,22)15-4-5-23-8-13(15)10-28-11-14(9-24-28)25-18(29)17-16(12-30-26-17)27-6-2-1-3-7-27/h4-5,8-9,11-12H,1-3,6-7,10H2,(H,25,29). The molecule has 0 atom stereocenters. The maximum atomic E-state index is 13.1. The highest BCUT2D eigenvalue weighted by Gasteiger charge is 2.33. The molecule has 0 aromatic carbocycles. The topological polar surface area (TPSA) is 89.1 Å². The van der Waals surface area contributed by atoms with Gasteiger partial charge in [-0.05, 0) is 25.3 Å². The van der Waals surface area contributed by atoms with Crippen LogP contribution in [0.3, 0.4) is 0 Å². The molecule has 0 radical (unpaired) electrons. The van der Waals surface area contributed by atoms with Gasteiger partial charge in [-0.3, -0.25) is 14.5 Å². The maximum absolute atomic E-state index is 13.1. The number of alkyl halides is 3. The molecule has 11 heteroatoms. The fraction of sp³-hybridized carbons (Fsp3) is 0.368. The van der Waals surface area contributed by atoms with Gasteiger partial charge in [-0.2, -0.15) is 18.3 Å². The molecule has 8 nitrogen and oxygen atoms in total. The van der Waals surface area contributed by atoms with Gasteiger partial charge in [0.15, 0.2) is 5.69 Å². The van der Waals surface area contributed by atoms with E-state index in [1.54, 1.807) is 0 Å². The summed E-state index contributed by atoms with van der Waals surface area (Å²) in [7, 11) is 0. The van der Waals surface area contributed by atoms with Gasteiger partial charge in [-0.1, -0.05) is 5.16 Å². The first-order valence-corrected chi connectivity index (χ1v) is 9.45. The highest BCUT2D eigenvalue weighted by Crippen LogP contribution is 2.31. The van der Waals surface area contributed by atoms with E-state index in [0.717, 1.165) is 50.8 Å². The summed E-state index contributed by atoms with van der Waals surface area (Å²) in [5, 5.41) is 10.5. The van der Waals surface area contributed by atoms with Gasteiger partial charge in [-0.25, -0.2) is 0 Å². The number of pyridine rings is 1. The van der Waals surface area contributed by atoms with Crippen LogP contribution >= 0.6 is 0 Å². The van der Waals surface area contributed by atoms with Gasteiger partial charge < -0.3 is 14.7 Å². The molecule has 0 saturated carbocycles. The summed E-state index contributed by atoms with van der Waals surface area (Å²) in [6.45, 7) is 1.51. The van der Waals surface area contributed by atoms with Crippen molar-refractivity contribution in [2.75, 3.05) is 23.3 Å². The fourth-order valence-corrected chi connectivity index (χ4v) is 3.46. The monoisotopic (exact) mass is 420 g/mol. The van der Waals surface area contributed by atoms with Crippen molar-refractivity contribution in [3.63, 3.8) is 0 Å². The second kappa shape index (κ2) is 8.17. The number of halogens is 3. The van der Waals surface area contributed by atoms with E-state index in [-0.39, 0.29) is 17.8 Å². The molecule has 4 rings (SSSR count). The number of carbonyl (C=O) groups excluding carboxylic acids is 1. The van der Waals surface area contributed by atoms with Gasteiger partial charge in [0, 0.05) is 37.2 Å². The summed E-state index contributed by atoms with van der Waals surface area (Å²) >= 11 is 0. The Morgan fingerprint density at radius 1 is 1.20 bits per heavy atom. The fourth-order valence-electron chi connectivity index (χ4n) is 3.46. The van der Waals surface area contributed by atoms with Gasteiger partial charge in [0.25, 0.3) is 5.91 Å². The van der Waals surface area contributed by atoms with E-state index in [1.165, 1.54) is 23.3 Å². The lowest BCUT2D eigenvalue weighted by Gasteiger charge is -2.27. The minimum Gasteiger partial charge on any atom is -0.367 e. The van der Waals surface area contributed by atoms with Crippen molar-refractivity contribution in [1.82, 2.24) is 19.9 Å². The van der Waals surface area contributed by atoms with E-state index in [4.69, 9.17) is 4.52 Å². The molecule has 0 unspecified atom stereocenters. The summed E-state index contributed by atoms with van der Waals surface area (Å²) in [6, 6.07) is 0.925. The number of amides is 1. The summed E-state index contributed by atoms with van der Waals surface area (Å²) in [5.41, 5.74) is 0.341. The zero-order valence-electron chi connectivity index (χ0n) is 15.9. The molecule has 30 heavy (non-hydrogen) atoms. The van der Waals surface area contributed by atoms with Crippen molar-refractivity contribution in [3.05, 3.63) is 53.9 Å². The van der Waals surface area contributed by atoms with Gasteiger partial charge in [-0.15, -0.1) is 0 Å². The molecule has 1 fully saturated rings. The summed E-state index contributed by atoms with van der Waals surface area (Å²) in [4.78, 5) is 18.5. The zero-order valence-corrected chi connectivity index (χ0v) is 15.9. The van der Waals surface area contributed by atoms with Gasteiger partial charge in [0.2, 0.25) is 0 Å². The van der Waals surface area contributed by atoms with E-state index in [9.17, 15) is 18.0 Å². The first-order chi connectivity index (χ1) is 14.4. The van der Waals surface area contributed by atoms with Crippen molar-refractivity contribution >= 4 is 17.3 Å². The highest BCUT2D eigenvalue weighted by atomic mass is 19.4. The predicted octanol–water partition coefficient (Wildman–Crippen LogP) is 3.58. The number of anilines is 2. The van der Waals surface area contributed by atoms with Gasteiger partial charge in [0.05, 0.1) is 24.0 Å². The molecule has 158 valence electrons. The third kappa shape index (κ3) is 4.29. The lowest BCUT2D eigenvalue weighted by molar-refractivity contribution is -0.138. The second-order valence-electron chi connectivity index (χ2n) is 7.01. The molecular weight excluding hydrogens is 401 g/mol. The van der Waals surface area contributed by atoms with Crippen molar-refractivity contribution in [2.45, 2.75) is 32.0 Å². The SMILES string of the molecule is O=C(Nc1cnn(Cc2cnccc2C(F)(F)F)c1)c1nocc1N1CCCCC1. The Balaban J connectivity index is 1.46. The molecule has 4 heterocycles. The van der Waals surface area contributed by atoms with Gasteiger partial charge in [0.1, 0.15) is 12.0 Å². The molecule has 0 aliphatic carbocycles. The summed E-state index contributed by atoms with van der Waals surface area (Å²) < 4.78 is 45.7. The Kier molecular flexibility index (Phi) is 5.42. The minimum absolute atomic E-state index is 0.0186. The van der Waals surface area contributed by atoms with E-state index in [1.807, 2.05) is 0 Å². The number of hydrogen-bond acceptors (Lipinski definition) is 6.